The standard InChI is InChI=1S/C18H28FN3O3S/c1-14(2)22(15(3)4)18(23)13-20-8-10-21(11-9-20)26(24,25)17-7-5-6-16(19)12-17/h5-7,12,14-15H,8-11,13H2,1-4H3/p+1. The van der Waals surface area contributed by atoms with E-state index in [1.807, 2.05) is 32.6 Å². The number of hydrogen-bond acceptors (Lipinski definition) is 3. The van der Waals surface area contributed by atoms with E-state index < -0.39 is 15.8 Å². The predicted octanol–water partition coefficient (Wildman–Crippen LogP) is 0.360. The van der Waals surface area contributed by atoms with Gasteiger partial charge in [0.1, 0.15) is 5.82 Å². The molecule has 0 radical (unpaired) electrons. The Morgan fingerprint density at radius 2 is 1.77 bits per heavy atom. The van der Waals surface area contributed by atoms with Crippen molar-refractivity contribution in [2.45, 2.75) is 44.7 Å². The fourth-order valence-electron chi connectivity index (χ4n) is 3.47. The van der Waals surface area contributed by atoms with Gasteiger partial charge in [-0.1, -0.05) is 6.07 Å². The molecule has 1 aromatic rings. The molecular formula is C18H29FN3O3S+. The van der Waals surface area contributed by atoms with Gasteiger partial charge in [-0.15, -0.1) is 0 Å². The highest BCUT2D eigenvalue weighted by Gasteiger charge is 2.32. The second-order valence-corrected chi connectivity index (χ2v) is 9.21. The lowest BCUT2D eigenvalue weighted by Gasteiger charge is -2.35. The van der Waals surface area contributed by atoms with Crippen LogP contribution in [0.15, 0.2) is 29.2 Å². The van der Waals surface area contributed by atoms with Crippen molar-refractivity contribution in [3.63, 3.8) is 0 Å². The van der Waals surface area contributed by atoms with Crippen molar-refractivity contribution in [1.82, 2.24) is 9.21 Å². The zero-order valence-electron chi connectivity index (χ0n) is 15.9. The van der Waals surface area contributed by atoms with Crippen molar-refractivity contribution in [2.24, 2.45) is 0 Å². The molecule has 1 fully saturated rings. The highest BCUT2D eigenvalue weighted by Crippen LogP contribution is 2.16. The summed E-state index contributed by atoms with van der Waals surface area (Å²) in [5, 5.41) is 0. The number of nitrogens with zero attached hydrogens (tertiary/aromatic N) is 2. The van der Waals surface area contributed by atoms with Crippen LogP contribution in [-0.4, -0.2) is 68.3 Å². The van der Waals surface area contributed by atoms with Crippen LogP contribution in [0.5, 0.6) is 0 Å². The van der Waals surface area contributed by atoms with Crippen molar-refractivity contribution in [2.75, 3.05) is 32.7 Å². The lowest BCUT2D eigenvalue weighted by Crippen LogP contribution is -3.15. The second-order valence-electron chi connectivity index (χ2n) is 7.28. The molecule has 0 atom stereocenters. The number of sulfonamides is 1. The summed E-state index contributed by atoms with van der Waals surface area (Å²) in [6.45, 7) is 10.1. The van der Waals surface area contributed by atoms with Gasteiger partial charge in [0.15, 0.2) is 6.54 Å². The molecule has 6 nitrogen and oxygen atoms in total. The predicted molar refractivity (Wildman–Crippen MR) is 97.8 cm³/mol. The number of hydrogen-bond donors (Lipinski definition) is 1. The summed E-state index contributed by atoms with van der Waals surface area (Å²) < 4.78 is 40.0. The fraction of sp³-hybridized carbons (Fsp3) is 0.611. The lowest BCUT2D eigenvalue weighted by atomic mass is 10.2. The Morgan fingerprint density at radius 3 is 2.27 bits per heavy atom. The van der Waals surface area contributed by atoms with Crippen molar-refractivity contribution in [1.29, 1.82) is 0 Å². The van der Waals surface area contributed by atoms with Gasteiger partial charge in [0.05, 0.1) is 31.1 Å². The molecule has 2 rings (SSSR count). The smallest absolute Gasteiger partial charge is 0.278 e. The average molecular weight is 387 g/mol. The van der Waals surface area contributed by atoms with Crippen LogP contribution in [0.2, 0.25) is 0 Å². The molecule has 0 aliphatic carbocycles. The van der Waals surface area contributed by atoms with Crippen LogP contribution in [0.4, 0.5) is 4.39 Å². The third-order valence-corrected chi connectivity index (χ3v) is 6.56. The van der Waals surface area contributed by atoms with E-state index >= 15 is 0 Å². The van der Waals surface area contributed by atoms with E-state index in [4.69, 9.17) is 0 Å². The van der Waals surface area contributed by atoms with E-state index in [-0.39, 0.29) is 22.9 Å². The SMILES string of the molecule is CC(C)N(C(=O)C[NH+]1CCN(S(=O)(=O)c2cccc(F)c2)CC1)C(C)C. The first kappa shape index (κ1) is 20.8. The molecule has 26 heavy (non-hydrogen) atoms. The first-order valence-electron chi connectivity index (χ1n) is 9.03. The monoisotopic (exact) mass is 386 g/mol. The molecule has 1 aliphatic rings. The quantitative estimate of drug-likeness (QED) is 0.768. The molecule has 0 spiro atoms. The molecule has 0 unspecified atom stereocenters. The highest BCUT2D eigenvalue weighted by molar-refractivity contribution is 7.89. The Kier molecular flexibility index (Phi) is 6.76. The first-order chi connectivity index (χ1) is 12.1. The van der Waals surface area contributed by atoms with Crippen LogP contribution < -0.4 is 4.90 Å². The summed E-state index contributed by atoms with van der Waals surface area (Å²) in [6.07, 6.45) is 0. The van der Waals surface area contributed by atoms with E-state index in [0.717, 1.165) is 11.0 Å². The minimum absolute atomic E-state index is 0.0252. The van der Waals surface area contributed by atoms with Gasteiger partial charge in [-0.25, -0.2) is 12.8 Å². The molecule has 1 heterocycles. The van der Waals surface area contributed by atoms with Gasteiger partial charge in [0, 0.05) is 12.1 Å². The van der Waals surface area contributed by atoms with Crippen molar-refractivity contribution >= 4 is 15.9 Å². The van der Waals surface area contributed by atoms with Crippen molar-refractivity contribution < 1.29 is 22.5 Å². The zero-order chi connectivity index (χ0) is 19.5. The average Bonchev–Trinajstić information content (AvgIpc) is 2.54. The minimum atomic E-state index is -3.69. The fourth-order valence-corrected chi connectivity index (χ4v) is 4.95. The number of quaternary nitrogens is 1. The number of carbonyl (C=O) groups is 1. The molecular weight excluding hydrogens is 357 g/mol. The number of halogens is 1. The summed E-state index contributed by atoms with van der Waals surface area (Å²) in [7, 11) is -3.69. The van der Waals surface area contributed by atoms with Crippen LogP contribution in [0.3, 0.4) is 0 Å². The Labute approximate surface area is 155 Å². The number of nitrogens with one attached hydrogen (secondary N) is 1. The van der Waals surface area contributed by atoms with E-state index in [1.54, 1.807) is 0 Å². The van der Waals surface area contributed by atoms with E-state index in [9.17, 15) is 17.6 Å². The summed E-state index contributed by atoms with van der Waals surface area (Å²) in [5.74, 6) is -0.477. The third kappa shape index (κ3) is 4.81. The molecule has 0 aromatic heterocycles. The summed E-state index contributed by atoms with van der Waals surface area (Å²) in [4.78, 5) is 15.5. The topological polar surface area (TPSA) is 62.1 Å². The molecule has 8 heteroatoms. The summed E-state index contributed by atoms with van der Waals surface area (Å²) in [5.41, 5.74) is 0. The maximum atomic E-state index is 13.3. The Hall–Kier alpha value is -1.51. The number of piperazine rings is 1. The zero-order valence-corrected chi connectivity index (χ0v) is 16.7. The number of amides is 1. The van der Waals surface area contributed by atoms with Gasteiger partial charge in [-0.2, -0.15) is 4.31 Å². The van der Waals surface area contributed by atoms with E-state index in [0.29, 0.717) is 32.7 Å². The van der Waals surface area contributed by atoms with Crippen molar-refractivity contribution in [3.05, 3.63) is 30.1 Å². The Balaban J connectivity index is 1.98. The summed E-state index contributed by atoms with van der Waals surface area (Å²) in [6, 6.07) is 5.34. The largest absolute Gasteiger partial charge is 0.333 e. The molecule has 0 saturated carbocycles. The van der Waals surface area contributed by atoms with Gasteiger partial charge in [-0.3, -0.25) is 4.79 Å². The van der Waals surface area contributed by atoms with E-state index in [2.05, 4.69) is 0 Å². The molecule has 1 aliphatic heterocycles. The Morgan fingerprint density at radius 1 is 1.19 bits per heavy atom. The number of carbonyl (C=O) groups excluding carboxylic acids is 1. The third-order valence-electron chi connectivity index (χ3n) is 4.67. The maximum absolute atomic E-state index is 13.3. The Bertz CT molecular complexity index is 721. The molecule has 1 aromatic carbocycles. The van der Waals surface area contributed by atoms with Gasteiger partial charge in [-0.05, 0) is 45.9 Å². The molecule has 1 N–H and O–H groups in total. The second kappa shape index (κ2) is 8.45. The van der Waals surface area contributed by atoms with Gasteiger partial charge in [0.25, 0.3) is 5.91 Å². The van der Waals surface area contributed by atoms with Crippen LogP contribution in [0.1, 0.15) is 27.7 Å². The summed E-state index contributed by atoms with van der Waals surface area (Å²) >= 11 is 0. The van der Waals surface area contributed by atoms with Crippen molar-refractivity contribution in [3.8, 4) is 0 Å². The van der Waals surface area contributed by atoms with Crippen LogP contribution in [-0.2, 0) is 14.8 Å². The minimum Gasteiger partial charge on any atom is -0.333 e. The normalized spacial score (nSPS) is 17.0. The molecule has 1 saturated heterocycles. The number of rotatable bonds is 6. The highest BCUT2D eigenvalue weighted by atomic mass is 32.2. The van der Waals surface area contributed by atoms with Gasteiger partial charge < -0.3 is 9.80 Å². The molecule has 0 bridgehead atoms. The van der Waals surface area contributed by atoms with Gasteiger partial charge >= 0.3 is 0 Å². The van der Waals surface area contributed by atoms with Crippen LogP contribution in [0, 0.1) is 5.82 Å². The first-order valence-corrected chi connectivity index (χ1v) is 10.5. The van der Waals surface area contributed by atoms with Crippen LogP contribution in [0.25, 0.3) is 0 Å². The molecule has 146 valence electrons. The van der Waals surface area contributed by atoms with Crippen LogP contribution >= 0.6 is 0 Å². The van der Waals surface area contributed by atoms with E-state index in [1.165, 1.54) is 22.5 Å². The lowest BCUT2D eigenvalue weighted by molar-refractivity contribution is -0.896. The molecule has 1 amide bonds. The maximum Gasteiger partial charge on any atom is 0.278 e. The number of benzene rings is 1. The van der Waals surface area contributed by atoms with Gasteiger partial charge in [0.2, 0.25) is 10.0 Å².